The van der Waals surface area contributed by atoms with E-state index in [4.69, 9.17) is 0 Å². The molecular formula is C16H28N4O4. The largest absolute Gasteiger partial charge is 0.388 e. The molecule has 2 heterocycles. The van der Waals surface area contributed by atoms with Crippen molar-refractivity contribution >= 4 is 17.8 Å². The number of carbonyl (C=O) groups excluding carboxylic acids is 3. The predicted octanol–water partition coefficient (Wildman–Crippen LogP) is -0.378. The smallest absolute Gasteiger partial charge is 0.324 e. The second-order valence-electron chi connectivity index (χ2n) is 7.04. The maximum absolute atomic E-state index is 12.4. The lowest BCUT2D eigenvalue weighted by molar-refractivity contribution is -0.139. The van der Waals surface area contributed by atoms with Gasteiger partial charge in [-0.2, -0.15) is 0 Å². The first-order chi connectivity index (χ1) is 11.3. The Morgan fingerprint density at radius 2 is 1.96 bits per heavy atom. The number of urea groups is 1. The minimum atomic E-state index is -0.768. The molecule has 0 spiro atoms. The van der Waals surface area contributed by atoms with Crippen molar-refractivity contribution in [3.05, 3.63) is 0 Å². The average Bonchev–Trinajstić information content (AvgIpc) is 2.74. The molecule has 0 aliphatic carbocycles. The summed E-state index contributed by atoms with van der Waals surface area (Å²) in [5.74, 6) is -0.477. The molecule has 0 aromatic rings. The number of aliphatic hydroxyl groups is 1. The number of rotatable bonds is 6. The fraction of sp³-hybridized carbons (Fsp3) is 0.812. The van der Waals surface area contributed by atoms with Gasteiger partial charge in [0.15, 0.2) is 0 Å². The van der Waals surface area contributed by atoms with Crippen LogP contribution in [0.2, 0.25) is 0 Å². The van der Waals surface area contributed by atoms with Crippen LogP contribution in [-0.4, -0.2) is 89.6 Å². The van der Waals surface area contributed by atoms with Crippen molar-refractivity contribution in [2.75, 3.05) is 40.3 Å². The summed E-state index contributed by atoms with van der Waals surface area (Å²) in [6.45, 7) is 3.77. The number of likely N-dealkylation sites (tertiary alicyclic amines) is 1. The topological polar surface area (TPSA) is 93.2 Å². The van der Waals surface area contributed by atoms with Crippen LogP contribution in [0.4, 0.5) is 4.79 Å². The van der Waals surface area contributed by atoms with Gasteiger partial charge in [0.2, 0.25) is 5.91 Å². The van der Waals surface area contributed by atoms with Crippen LogP contribution in [0.25, 0.3) is 0 Å². The molecule has 0 aromatic carbocycles. The Morgan fingerprint density at radius 1 is 1.33 bits per heavy atom. The van der Waals surface area contributed by atoms with E-state index in [1.54, 1.807) is 4.90 Å². The van der Waals surface area contributed by atoms with E-state index in [1.807, 2.05) is 25.9 Å². The van der Waals surface area contributed by atoms with E-state index in [0.29, 0.717) is 45.4 Å². The Labute approximate surface area is 142 Å². The van der Waals surface area contributed by atoms with Crippen LogP contribution in [0.3, 0.4) is 0 Å². The highest BCUT2D eigenvalue weighted by Gasteiger charge is 2.40. The lowest BCUT2D eigenvalue weighted by atomic mass is 9.90. The van der Waals surface area contributed by atoms with Gasteiger partial charge in [-0.15, -0.1) is 0 Å². The zero-order chi connectivity index (χ0) is 17.9. The number of nitrogens with one attached hydrogen (secondary N) is 1. The third-order valence-electron chi connectivity index (χ3n) is 4.59. The molecule has 2 saturated heterocycles. The second kappa shape index (κ2) is 7.48. The Bertz CT molecular complexity index is 500. The lowest BCUT2D eigenvalue weighted by Gasteiger charge is -2.39. The van der Waals surface area contributed by atoms with Crippen molar-refractivity contribution in [2.45, 2.75) is 44.2 Å². The Kier molecular flexibility index (Phi) is 5.82. The first kappa shape index (κ1) is 18.7. The Balaban J connectivity index is 1.86. The van der Waals surface area contributed by atoms with Gasteiger partial charge in [-0.3, -0.25) is 14.5 Å². The molecule has 1 atom stereocenters. The number of piperidine rings is 1. The summed E-state index contributed by atoms with van der Waals surface area (Å²) in [6.07, 6.45) is 1.71. The fourth-order valence-electron chi connectivity index (χ4n) is 3.37. The quantitative estimate of drug-likeness (QED) is 0.643. The molecule has 0 radical (unpaired) electrons. The highest BCUT2D eigenvalue weighted by molar-refractivity contribution is 6.05. The molecule has 24 heavy (non-hydrogen) atoms. The van der Waals surface area contributed by atoms with Gasteiger partial charge < -0.3 is 20.2 Å². The van der Waals surface area contributed by atoms with Gasteiger partial charge >= 0.3 is 6.03 Å². The van der Waals surface area contributed by atoms with E-state index in [0.717, 1.165) is 0 Å². The average molecular weight is 340 g/mol. The summed E-state index contributed by atoms with van der Waals surface area (Å²) in [7, 11) is 3.82. The lowest BCUT2D eigenvalue weighted by Crippen LogP contribution is -2.51. The van der Waals surface area contributed by atoms with Crippen molar-refractivity contribution in [1.29, 1.82) is 0 Å². The van der Waals surface area contributed by atoms with Crippen LogP contribution in [0.5, 0.6) is 0 Å². The molecule has 2 fully saturated rings. The molecule has 8 nitrogen and oxygen atoms in total. The molecule has 0 saturated carbocycles. The summed E-state index contributed by atoms with van der Waals surface area (Å²) < 4.78 is 0. The molecule has 4 amide bonds. The Morgan fingerprint density at radius 3 is 2.50 bits per heavy atom. The monoisotopic (exact) mass is 340 g/mol. The van der Waals surface area contributed by atoms with Crippen LogP contribution >= 0.6 is 0 Å². The maximum atomic E-state index is 12.4. The number of hydrogen-bond acceptors (Lipinski definition) is 5. The predicted molar refractivity (Wildman–Crippen MR) is 88.3 cm³/mol. The van der Waals surface area contributed by atoms with Crippen LogP contribution in [0, 0.1) is 0 Å². The summed E-state index contributed by atoms with van der Waals surface area (Å²) in [5.41, 5.74) is -0.768. The van der Waals surface area contributed by atoms with Gasteiger partial charge in [-0.1, -0.05) is 6.92 Å². The van der Waals surface area contributed by atoms with E-state index in [9.17, 15) is 19.5 Å². The standard InChI is InChI=1S/C16H28N4O4/c1-4-7-20-14(22)12(17-15(20)23)10-13(21)19-8-5-16(24,6-9-19)11-18(2)3/h12,24H,4-11H2,1-3H3,(H,17,23). The van der Waals surface area contributed by atoms with Crippen molar-refractivity contribution in [3.63, 3.8) is 0 Å². The zero-order valence-corrected chi connectivity index (χ0v) is 14.7. The number of hydrogen-bond donors (Lipinski definition) is 2. The van der Waals surface area contributed by atoms with Gasteiger partial charge in [-0.25, -0.2) is 4.79 Å². The maximum Gasteiger partial charge on any atom is 0.324 e. The number of amides is 4. The summed E-state index contributed by atoms with van der Waals surface area (Å²) in [6, 6.07) is -1.18. The van der Waals surface area contributed by atoms with Gasteiger partial charge in [0.25, 0.3) is 5.91 Å². The van der Waals surface area contributed by atoms with E-state index in [-0.39, 0.29) is 18.2 Å². The van der Waals surface area contributed by atoms with Crippen LogP contribution < -0.4 is 5.32 Å². The number of imide groups is 1. The van der Waals surface area contributed by atoms with Gasteiger partial charge in [0.1, 0.15) is 6.04 Å². The fourth-order valence-corrected chi connectivity index (χ4v) is 3.37. The van der Waals surface area contributed by atoms with E-state index in [1.165, 1.54) is 4.90 Å². The van der Waals surface area contributed by atoms with Gasteiger partial charge in [0.05, 0.1) is 12.0 Å². The number of carbonyl (C=O) groups is 3. The van der Waals surface area contributed by atoms with Gasteiger partial charge in [-0.05, 0) is 33.4 Å². The van der Waals surface area contributed by atoms with Crippen molar-refractivity contribution in [1.82, 2.24) is 20.0 Å². The van der Waals surface area contributed by atoms with E-state index >= 15 is 0 Å². The highest BCUT2D eigenvalue weighted by atomic mass is 16.3. The van der Waals surface area contributed by atoms with Crippen molar-refractivity contribution in [2.24, 2.45) is 0 Å². The summed E-state index contributed by atoms with van der Waals surface area (Å²) >= 11 is 0. The molecule has 2 rings (SSSR count). The highest BCUT2D eigenvalue weighted by Crippen LogP contribution is 2.23. The zero-order valence-electron chi connectivity index (χ0n) is 14.7. The molecule has 2 aliphatic rings. The SMILES string of the molecule is CCCN1C(=O)NC(CC(=O)N2CCC(O)(CN(C)C)CC2)C1=O. The molecule has 136 valence electrons. The summed E-state index contributed by atoms with van der Waals surface area (Å²) in [5, 5.41) is 13.1. The molecule has 1 unspecified atom stereocenters. The normalized spacial score (nSPS) is 23.8. The minimum absolute atomic E-state index is 0.0170. The third-order valence-corrected chi connectivity index (χ3v) is 4.59. The van der Waals surface area contributed by atoms with Crippen LogP contribution in [-0.2, 0) is 9.59 Å². The van der Waals surface area contributed by atoms with Crippen LogP contribution in [0.15, 0.2) is 0 Å². The van der Waals surface area contributed by atoms with Crippen molar-refractivity contribution < 1.29 is 19.5 Å². The molecular weight excluding hydrogens is 312 g/mol. The van der Waals surface area contributed by atoms with Gasteiger partial charge in [0, 0.05) is 26.2 Å². The minimum Gasteiger partial charge on any atom is -0.388 e. The number of nitrogens with zero attached hydrogens (tertiary/aromatic N) is 3. The first-order valence-electron chi connectivity index (χ1n) is 8.52. The molecule has 0 bridgehead atoms. The third kappa shape index (κ3) is 4.24. The van der Waals surface area contributed by atoms with E-state index in [2.05, 4.69) is 5.32 Å². The van der Waals surface area contributed by atoms with E-state index < -0.39 is 17.7 Å². The molecule has 2 aliphatic heterocycles. The van der Waals surface area contributed by atoms with Crippen molar-refractivity contribution in [3.8, 4) is 0 Å². The summed E-state index contributed by atoms with van der Waals surface area (Å²) in [4.78, 5) is 41.1. The van der Waals surface area contributed by atoms with Crippen LogP contribution in [0.1, 0.15) is 32.6 Å². The Hall–Kier alpha value is -1.67. The first-order valence-corrected chi connectivity index (χ1v) is 8.52. The molecule has 8 heteroatoms. The molecule has 2 N–H and O–H groups in total. The molecule has 0 aromatic heterocycles. The second-order valence-corrected chi connectivity index (χ2v) is 7.04. The number of likely N-dealkylation sites (N-methyl/N-ethyl adjacent to an activating group) is 1.